The molecule has 5 heteroatoms. The van der Waals surface area contributed by atoms with Crippen LogP contribution in [0.25, 0.3) is 11.1 Å². The summed E-state index contributed by atoms with van der Waals surface area (Å²) >= 11 is 1.64. The molecule has 0 aliphatic rings. The second kappa shape index (κ2) is 9.69. The van der Waals surface area contributed by atoms with Gasteiger partial charge in [-0.3, -0.25) is 0 Å². The summed E-state index contributed by atoms with van der Waals surface area (Å²) in [5, 5.41) is 5.40. The lowest BCUT2D eigenvalue weighted by molar-refractivity contribution is 0.0491. The molecule has 0 atom stereocenters. The van der Waals surface area contributed by atoms with Crippen molar-refractivity contribution in [1.29, 1.82) is 0 Å². The second-order valence-corrected chi connectivity index (χ2v) is 5.90. The van der Waals surface area contributed by atoms with Crippen molar-refractivity contribution < 1.29 is 13.9 Å². The van der Waals surface area contributed by atoms with Gasteiger partial charge in [-0.05, 0) is 42.1 Å². The summed E-state index contributed by atoms with van der Waals surface area (Å²) < 4.78 is 10.3. The molecule has 2 heterocycles. The molecule has 0 aliphatic carbocycles. The summed E-state index contributed by atoms with van der Waals surface area (Å²) in [6.07, 6.45) is 1.52. The Morgan fingerprint density at radius 2 is 1.96 bits per heavy atom. The van der Waals surface area contributed by atoms with Crippen molar-refractivity contribution in [2.75, 3.05) is 11.9 Å². The smallest absolute Gasteiger partial charge is 0.374 e. The third kappa shape index (κ3) is 4.97. The Hall–Kier alpha value is -2.53. The molecule has 4 nitrogen and oxygen atoms in total. The number of benzene rings is 1. The maximum absolute atomic E-state index is 11.9. The fourth-order valence-corrected chi connectivity index (χ4v) is 3.07. The summed E-state index contributed by atoms with van der Waals surface area (Å²) in [5.74, 6) is -0.171. The van der Waals surface area contributed by atoms with E-state index in [1.807, 2.05) is 49.6 Å². The average Bonchev–Trinajstić information content (AvgIpc) is 3.32. The maximum atomic E-state index is 11.9. The topological polar surface area (TPSA) is 51.5 Å². The Morgan fingerprint density at radius 3 is 2.68 bits per heavy atom. The van der Waals surface area contributed by atoms with Crippen molar-refractivity contribution in [2.24, 2.45) is 0 Å². The molecule has 0 amide bonds. The zero-order chi connectivity index (χ0) is 18.1. The van der Waals surface area contributed by atoms with E-state index in [1.165, 1.54) is 11.1 Å². The third-order valence-electron chi connectivity index (χ3n) is 3.33. The van der Waals surface area contributed by atoms with Crippen LogP contribution in [-0.2, 0) is 11.3 Å². The van der Waals surface area contributed by atoms with Gasteiger partial charge in [0.05, 0.1) is 12.9 Å². The first-order valence-electron chi connectivity index (χ1n) is 8.39. The summed E-state index contributed by atoms with van der Waals surface area (Å²) in [4.78, 5) is 13.1. The molecule has 2 aromatic heterocycles. The first kappa shape index (κ1) is 18.8. The molecular formula is C20H23NO3S. The SMILES string of the molecule is CC.CCOC(=O)c1occc1-c1csc(CNc2ccccc2)c1. The van der Waals surface area contributed by atoms with E-state index >= 15 is 0 Å². The number of carbonyl (C=O) groups excluding carboxylic acids is 1. The van der Waals surface area contributed by atoms with E-state index in [-0.39, 0.29) is 5.76 Å². The summed E-state index contributed by atoms with van der Waals surface area (Å²) in [6.45, 7) is 6.84. The van der Waals surface area contributed by atoms with E-state index in [1.54, 1.807) is 24.3 Å². The van der Waals surface area contributed by atoms with Crippen LogP contribution in [0, 0.1) is 0 Å². The lowest BCUT2D eigenvalue weighted by Gasteiger charge is -2.03. The molecular weight excluding hydrogens is 334 g/mol. The number of para-hydroxylation sites is 1. The Bertz CT molecular complexity index is 777. The Morgan fingerprint density at radius 1 is 1.20 bits per heavy atom. The summed E-state index contributed by atoms with van der Waals surface area (Å²) in [7, 11) is 0. The number of nitrogens with one attached hydrogen (secondary N) is 1. The van der Waals surface area contributed by atoms with Crippen LogP contribution in [0.5, 0.6) is 0 Å². The van der Waals surface area contributed by atoms with Gasteiger partial charge in [0, 0.05) is 22.7 Å². The van der Waals surface area contributed by atoms with Crippen LogP contribution in [0.3, 0.4) is 0 Å². The molecule has 132 valence electrons. The maximum Gasteiger partial charge on any atom is 0.374 e. The van der Waals surface area contributed by atoms with Crippen LogP contribution in [0.1, 0.15) is 36.2 Å². The fraction of sp³-hybridized carbons (Fsp3) is 0.250. The molecule has 0 saturated carbocycles. The monoisotopic (exact) mass is 357 g/mol. The Kier molecular flexibility index (Phi) is 7.29. The number of anilines is 1. The number of rotatable bonds is 6. The lowest BCUT2D eigenvalue weighted by Crippen LogP contribution is -2.04. The molecule has 0 fully saturated rings. The van der Waals surface area contributed by atoms with Crippen LogP contribution in [0.2, 0.25) is 0 Å². The van der Waals surface area contributed by atoms with Crippen LogP contribution in [-0.4, -0.2) is 12.6 Å². The number of carbonyl (C=O) groups is 1. The number of hydrogen-bond donors (Lipinski definition) is 1. The highest BCUT2D eigenvalue weighted by atomic mass is 32.1. The lowest BCUT2D eigenvalue weighted by atomic mass is 10.1. The van der Waals surface area contributed by atoms with Gasteiger partial charge in [0.1, 0.15) is 0 Å². The second-order valence-electron chi connectivity index (χ2n) is 4.91. The van der Waals surface area contributed by atoms with E-state index in [9.17, 15) is 4.79 Å². The normalized spacial score (nSPS) is 9.88. The molecule has 1 N–H and O–H groups in total. The van der Waals surface area contributed by atoms with Crippen LogP contribution in [0.4, 0.5) is 5.69 Å². The molecule has 3 rings (SSSR count). The van der Waals surface area contributed by atoms with E-state index in [0.717, 1.165) is 23.4 Å². The van der Waals surface area contributed by atoms with Gasteiger partial charge in [-0.1, -0.05) is 32.0 Å². The van der Waals surface area contributed by atoms with Crippen LogP contribution >= 0.6 is 11.3 Å². The van der Waals surface area contributed by atoms with Gasteiger partial charge in [-0.25, -0.2) is 4.79 Å². The van der Waals surface area contributed by atoms with Gasteiger partial charge in [0.25, 0.3) is 0 Å². The number of esters is 1. The van der Waals surface area contributed by atoms with Gasteiger partial charge >= 0.3 is 5.97 Å². The van der Waals surface area contributed by atoms with Gasteiger partial charge in [-0.2, -0.15) is 0 Å². The van der Waals surface area contributed by atoms with Crippen molar-refractivity contribution in [2.45, 2.75) is 27.3 Å². The van der Waals surface area contributed by atoms with Crippen molar-refractivity contribution in [3.05, 3.63) is 64.7 Å². The molecule has 25 heavy (non-hydrogen) atoms. The van der Waals surface area contributed by atoms with Gasteiger partial charge in [0.15, 0.2) is 0 Å². The predicted molar refractivity (Wildman–Crippen MR) is 103 cm³/mol. The highest BCUT2D eigenvalue weighted by molar-refractivity contribution is 7.10. The Balaban J connectivity index is 0.00000109. The van der Waals surface area contributed by atoms with Crippen LogP contribution in [0.15, 0.2) is 58.5 Å². The van der Waals surface area contributed by atoms with Crippen LogP contribution < -0.4 is 5.32 Å². The zero-order valence-corrected chi connectivity index (χ0v) is 15.6. The van der Waals surface area contributed by atoms with E-state index < -0.39 is 5.97 Å². The van der Waals surface area contributed by atoms with E-state index in [2.05, 4.69) is 11.4 Å². The minimum Gasteiger partial charge on any atom is -0.460 e. The largest absolute Gasteiger partial charge is 0.460 e. The van der Waals surface area contributed by atoms with E-state index in [4.69, 9.17) is 9.15 Å². The minimum atomic E-state index is -0.428. The minimum absolute atomic E-state index is 0.257. The molecule has 3 aromatic rings. The number of thiophene rings is 1. The highest BCUT2D eigenvalue weighted by Crippen LogP contribution is 2.30. The van der Waals surface area contributed by atoms with Gasteiger partial charge < -0.3 is 14.5 Å². The highest BCUT2D eigenvalue weighted by Gasteiger charge is 2.18. The fourth-order valence-electron chi connectivity index (χ4n) is 2.25. The predicted octanol–water partition coefficient (Wildman–Crippen LogP) is 5.82. The molecule has 0 bridgehead atoms. The first-order chi connectivity index (χ1) is 12.3. The number of furan rings is 1. The number of hydrogen-bond acceptors (Lipinski definition) is 5. The summed E-state index contributed by atoms with van der Waals surface area (Å²) in [6, 6.07) is 13.9. The molecule has 0 spiro atoms. The van der Waals surface area contributed by atoms with Gasteiger partial charge in [-0.15, -0.1) is 11.3 Å². The quantitative estimate of drug-likeness (QED) is 0.565. The molecule has 0 radical (unpaired) electrons. The van der Waals surface area contributed by atoms with Crippen molar-refractivity contribution >= 4 is 23.0 Å². The standard InChI is InChI=1S/C18H17NO3S.C2H6/c1-2-21-18(20)17-16(8-9-22-17)13-10-15(23-12-13)11-19-14-6-4-3-5-7-14;1-2/h3-10,12,19H,2,11H2,1H3;1-2H3. The van der Waals surface area contributed by atoms with Crippen molar-refractivity contribution in [1.82, 2.24) is 0 Å². The van der Waals surface area contributed by atoms with E-state index in [0.29, 0.717) is 6.61 Å². The molecule has 0 aliphatic heterocycles. The molecule has 1 aromatic carbocycles. The van der Waals surface area contributed by atoms with Crippen molar-refractivity contribution in [3.8, 4) is 11.1 Å². The van der Waals surface area contributed by atoms with Gasteiger partial charge in [0.2, 0.25) is 5.76 Å². The third-order valence-corrected chi connectivity index (χ3v) is 4.27. The summed E-state index contributed by atoms with van der Waals surface area (Å²) in [5.41, 5.74) is 2.82. The number of ether oxygens (including phenoxy) is 1. The average molecular weight is 357 g/mol. The zero-order valence-electron chi connectivity index (χ0n) is 14.7. The van der Waals surface area contributed by atoms with Crippen molar-refractivity contribution in [3.63, 3.8) is 0 Å². The molecule has 0 saturated heterocycles. The first-order valence-corrected chi connectivity index (χ1v) is 9.27. The Labute approximate surface area is 152 Å². The molecule has 0 unspecified atom stereocenters.